The molecule has 9 heteroatoms. The molecule has 0 bridgehead atoms. The Morgan fingerprint density at radius 1 is 1.15 bits per heavy atom. The summed E-state index contributed by atoms with van der Waals surface area (Å²) in [6.07, 6.45) is 2.45. The molecule has 7 nitrogen and oxygen atoms in total. The Hall–Kier alpha value is -2.62. The van der Waals surface area contributed by atoms with Crippen LogP contribution in [0.2, 0.25) is 0 Å². The average molecular weight is 490 g/mol. The first-order valence-electron chi connectivity index (χ1n) is 11.3. The zero-order valence-corrected chi connectivity index (χ0v) is 20.4. The number of halogens is 1. The minimum absolute atomic E-state index is 0.125. The minimum atomic E-state index is -0.691. The Kier molecular flexibility index (Phi) is 10.2. The summed E-state index contributed by atoms with van der Waals surface area (Å²) in [5.41, 5.74) is 1.30. The van der Waals surface area contributed by atoms with E-state index >= 15 is 0 Å². The van der Waals surface area contributed by atoms with E-state index in [1.807, 2.05) is 6.26 Å². The molecule has 0 saturated carbocycles. The first-order chi connectivity index (χ1) is 16.5. The molecule has 34 heavy (non-hydrogen) atoms. The van der Waals surface area contributed by atoms with Crippen LogP contribution >= 0.6 is 11.8 Å². The predicted octanol–water partition coefficient (Wildman–Crippen LogP) is 2.88. The van der Waals surface area contributed by atoms with Crippen molar-refractivity contribution in [1.82, 2.24) is 15.5 Å². The van der Waals surface area contributed by atoms with Crippen LogP contribution in [0.1, 0.15) is 28.4 Å². The third-order valence-corrected chi connectivity index (χ3v) is 6.44. The smallest absolute Gasteiger partial charge is 0.255 e. The molecular weight excluding hydrogens is 457 g/mol. The summed E-state index contributed by atoms with van der Waals surface area (Å²) in [7, 11) is 1.51. The molecule has 2 N–H and O–H groups in total. The van der Waals surface area contributed by atoms with Crippen LogP contribution in [-0.2, 0) is 9.53 Å². The lowest BCUT2D eigenvalue weighted by Crippen LogP contribution is -2.50. The van der Waals surface area contributed by atoms with E-state index in [-0.39, 0.29) is 23.7 Å². The summed E-state index contributed by atoms with van der Waals surface area (Å²) >= 11 is 1.61. The number of nitrogens with one attached hydrogen (secondary N) is 2. The van der Waals surface area contributed by atoms with Gasteiger partial charge in [-0.05, 0) is 48.3 Å². The number of hydrogen-bond donors (Lipinski definition) is 2. The molecule has 0 spiro atoms. The Morgan fingerprint density at radius 2 is 1.85 bits per heavy atom. The van der Waals surface area contributed by atoms with E-state index < -0.39 is 6.04 Å². The maximum absolute atomic E-state index is 13.5. The predicted molar refractivity (Wildman–Crippen MR) is 132 cm³/mol. The van der Waals surface area contributed by atoms with Crippen molar-refractivity contribution in [2.45, 2.75) is 18.5 Å². The van der Waals surface area contributed by atoms with Crippen molar-refractivity contribution in [3.8, 4) is 5.75 Å². The number of para-hydroxylation sites is 1. The third kappa shape index (κ3) is 7.19. The number of carbonyl (C=O) groups is 2. The lowest BCUT2D eigenvalue weighted by Gasteiger charge is -2.35. The van der Waals surface area contributed by atoms with Crippen molar-refractivity contribution in [3.63, 3.8) is 0 Å². The maximum atomic E-state index is 13.5. The van der Waals surface area contributed by atoms with Gasteiger partial charge in [0.05, 0.1) is 31.9 Å². The lowest BCUT2D eigenvalue weighted by molar-refractivity contribution is -0.123. The number of rotatable bonds is 11. The van der Waals surface area contributed by atoms with Crippen LogP contribution in [0.5, 0.6) is 5.75 Å². The number of thioether (sulfide) groups is 1. The molecule has 1 aliphatic heterocycles. The average Bonchev–Trinajstić information content (AvgIpc) is 2.88. The van der Waals surface area contributed by atoms with Gasteiger partial charge in [0.15, 0.2) is 0 Å². The van der Waals surface area contributed by atoms with Crippen LogP contribution in [0.3, 0.4) is 0 Å². The number of carbonyl (C=O) groups excluding carboxylic acids is 2. The van der Waals surface area contributed by atoms with Gasteiger partial charge in [-0.3, -0.25) is 14.5 Å². The molecule has 0 aromatic heterocycles. The number of ether oxygens (including phenoxy) is 2. The molecule has 1 fully saturated rings. The highest BCUT2D eigenvalue weighted by Crippen LogP contribution is 2.22. The Labute approximate surface area is 204 Å². The van der Waals surface area contributed by atoms with Crippen molar-refractivity contribution in [3.05, 3.63) is 65.5 Å². The van der Waals surface area contributed by atoms with E-state index in [2.05, 4.69) is 15.5 Å². The monoisotopic (exact) mass is 489 g/mol. The Balaban J connectivity index is 1.71. The first kappa shape index (κ1) is 26.0. The number of hydrogen-bond acceptors (Lipinski definition) is 6. The van der Waals surface area contributed by atoms with Crippen LogP contribution < -0.4 is 15.4 Å². The van der Waals surface area contributed by atoms with Crippen molar-refractivity contribution >= 4 is 23.6 Å². The van der Waals surface area contributed by atoms with Gasteiger partial charge in [-0.25, -0.2) is 4.39 Å². The van der Waals surface area contributed by atoms with E-state index in [1.54, 1.807) is 48.2 Å². The zero-order valence-electron chi connectivity index (χ0n) is 19.6. The van der Waals surface area contributed by atoms with E-state index in [0.717, 1.165) is 24.4 Å². The van der Waals surface area contributed by atoms with E-state index in [1.165, 1.54) is 19.2 Å². The van der Waals surface area contributed by atoms with Crippen LogP contribution in [-0.4, -0.2) is 74.7 Å². The van der Waals surface area contributed by atoms with Gasteiger partial charge in [0.2, 0.25) is 5.91 Å². The van der Waals surface area contributed by atoms with Crippen molar-refractivity contribution in [1.29, 1.82) is 0 Å². The molecule has 3 rings (SSSR count). The van der Waals surface area contributed by atoms with Crippen molar-refractivity contribution in [2.24, 2.45) is 0 Å². The van der Waals surface area contributed by atoms with Gasteiger partial charge < -0.3 is 20.1 Å². The Morgan fingerprint density at radius 3 is 2.53 bits per heavy atom. The highest BCUT2D eigenvalue weighted by molar-refractivity contribution is 7.98. The SMILES string of the molecule is COc1ccccc1C(=O)NC(CCSC)C(=O)NCC(c1ccc(F)cc1)N1CCOCC1. The highest BCUT2D eigenvalue weighted by Gasteiger charge is 2.26. The second-order valence-corrected chi connectivity index (χ2v) is 8.95. The van der Waals surface area contributed by atoms with Crippen LogP contribution in [0, 0.1) is 5.82 Å². The third-order valence-electron chi connectivity index (χ3n) is 5.79. The number of methoxy groups -OCH3 is 1. The first-order valence-corrected chi connectivity index (χ1v) is 12.7. The number of nitrogens with zero attached hydrogens (tertiary/aromatic N) is 1. The van der Waals surface area contributed by atoms with E-state index in [4.69, 9.17) is 9.47 Å². The second kappa shape index (κ2) is 13.3. The van der Waals surface area contributed by atoms with E-state index in [0.29, 0.717) is 37.5 Å². The van der Waals surface area contributed by atoms with Gasteiger partial charge in [0.1, 0.15) is 17.6 Å². The number of morpholine rings is 1. The number of amides is 2. The number of benzene rings is 2. The second-order valence-electron chi connectivity index (χ2n) is 7.97. The molecule has 2 unspecified atom stereocenters. The molecule has 2 amide bonds. The molecule has 2 aromatic carbocycles. The van der Waals surface area contributed by atoms with Crippen LogP contribution in [0.15, 0.2) is 48.5 Å². The van der Waals surface area contributed by atoms with Gasteiger partial charge in [-0.2, -0.15) is 11.8 Å². The fourth-order valence-corrected chi connectivity index (χ4v) is 4.40. The summed E-state index contributed by atoms with van der Waals surface area (Å²) in [5.74, 6) is 0.256. The van der Waals surface area contributed by atoms with Gasteiger partial charge in [0.25, 0.3) is 5.91 Å². The molecule has 1 saturated heterocycles. The summed E-state index contributed by atoms with van der Waals surface area (Å²) in [6, 6.07) is 12.5. The molecule has 2 atom stereocenters. The van der Waals surface area contributed by atoms with Crippen LogP contribution in [0.4, 0.5) is 4.39 Å². The summed E-state index contributed by atoms with van der Waals surface area (Å²) in [5, 5.41) is 5.88. The quantitative estimate of drug-likeness (QED) is 0.505. The molecular formula is C25H32FN3O4S. The van der Waals surface area contributed by atoms with Crippen molar-refractivity contribution < 1.29 is 23.5 Å². The fraction of sp³-hybridized carbons (Fsp3) is 0.440. The van der Waals surface area contributed by atoms with Gasteiger partial charge in [0, 0.05) is 19.6 Å². The molecule has 1 aliphatic rings. The topological polar surface area (TPSA) is 79.9 Å². The maximum Gasteiger partial charge on any atom is 0.255 e. The van der Waals surface area contributed by atoms with Crippen LogP contribution in [0.25, 0.3) is 0 Å². The Bertz CT molecular complexity index is 938. The van der Waals surface area contributed by atoms with E-state index in [9.17, 15) is 14.0 Å². The van der Waals surface area contributed by atoms with Crippen molar-refractivity contribution in [2.75, 3.05) is 52.0 Å². The summed E-state index contributed by atoms with van der Waals surface area (Å²) in [6.45, 7) is 3.00. The molecule has 2 aromatic rings. The van der Waals surface area contributed by atoms with Gasteiger partial charge >= 0.3 is 0 Å². The molecule has 0 radical (unpaired) electrons. The standard InChI is InChI=1S/C25H32FN3O4S/c1-32-23-6-4-3-5-20(23)24(30)28-21(11-16-34-2)25(31)27-17-22(29-12-14-33-15-13-29)18-7-9-19(26)10-8-18/h3-10,21-22H,11-17H2,1-2H3,(H,27,31)(H,28,30). The minimum Gasteiger partial charge on any atom is -0.496 e. The largest absolute Gasteiger partial charge is 0.496 e. The zero-order chi connectivity index (χ0) is 24.3. The fourth-order valence-electron chi connectivity index (χ4n) is 3.93. The molecule has 1 heterocycles. The normalized spacial score (nSPS) is 15.9. The molecule has 0 aliphatic carbocycles. The lowest BCUT2D eigenvalue weighted by atomic mass is 10.0. The summed E-state index contributed by atoms with van der Waals surface area (Å²) < 4.78 is 24.2. The summed E-state index contributed by atoms with van der Waals surface area (Å²) in [4.78, 5) is 28.3. The molecule has 184 valence electrons. The van der Waals surface area contributed by atoms with Gasteiger partial charge in [-0.1, -0.05) is 24.3 Å². The van der Waals surface area contributed by atoms with Gasteiger partial charge in [-0.15, -0.1) is 0 Å². The highest BCUT2D eigenvalue weighted by atomic mass is 32.2.